The molecule has 150 valence electrons. The summed E-state index contributed by atoms with van der Waals surface area (Å²) < 4.78 is 5.88. The zero-order valence-corrected chi connectivity index (χ0v) is 16.1. The van der Waals surface area contributed by atoms with E-state index < -0.39 is 0 Å². The molecule has 1 aromatic heterocycles. The average Bonchev–Trinajstić information content (AvgIpc) is 3.18. The Morgan fingerprint density at radius 1 is 1.10 bits per heavy atom. The number of para-hydroxylation sites is 1. The molecule has 8 nitrogen and oxygen atoms in total. The van der Waals surface area contributed by atoms with E-state index in [1.54, 1.807) is 12.4 Å². The fourth-order valence-electron chi connectivity index (χ4n) is 4.09. The fourth-order valence-corrected chi connectivity index (χ4v) is 4.09. The Labute approximate surface area is 169 Å². The number of hydrogen-bond donors (Lipinski definition) is 3. The third kappa shape index (κ3) is 3.20. The molecule has 29 heavy (non-hydrogen) atoms. The van der Waals surface area contributed by atoms with Crippen molar-refractivity contribution < 1.29 is 9.84 Å². The monoisotopic (exact) mass is 392 g/mol. The van der Waals surface area contributed by atoms with Crippen LogP contribution in [0.4, 0.5) is 11.4 Å². The van der Waals surface area contributed by atoms with Gasteiger partial charge in [0.15, 0.2) is 0 Å². The van der Waals surface area contributed by atoms with E-state index in [9.17, 15) is 5.11 Å². The largest absolute Gasteiger partial charge is 0.474 e. The third-order valence-electron chi connectivity index (χ3n) is 5.37. The fraction of sp³-hybridized carbons (Fsp3) is 0.333. The minimum Gasteiger partial charge on any atom is -0.474 e. The highest BCUT2D eigenvalue weighted by atomic mass is 16.5. The lowest BCUT2D eigenvalue weighted by atomic mass is 10.0. The Morgan fingerprint density at radius 2 is 1.90 bits per heavy atom. The minimum atomic E-state index is -0.0790. The number of aliphatic imine (C=N–C) groups is 1. The molecule has 1 aromatic carbocycles. The van der Waals surface area contributed by atoms with Crippen LogP contribution in [0.25, 0.3) is 0 Å². The Hall–Kier alpha value is -3.10. The molecule has 4 heterocycles. The quantitative estimate of drug-likeness (QED) is 0.727. The lowest BCUT2D eigenvalue weighted by Gasteiger charge is -2.42. The van der Waals surface area contributed by atoms with Gasteiger partial charge in [-0.05, 0) is 18.2 Å². The molecule has 0 bridgehead atoms. The number of pyridine rings is 1. The van der Waals surface area contributed by atoms with Crippen molar-refractivity contribution in [2.24, 2.45) is 4.99 Å². The Bertz CT molecular complexity index is 939. The maximum atomic E-state index is 9.30. The number of hydrogen-bond acceptors (Lipinski definition) is 8. The summed E-state index contributed by atoms with van der Waals surface area (Å²) in [6.07, 6.45) is 3.61. The summed E-state index contributed by atoms with van der Waals surface area (Å²) in [6, 6.07) is 12.2. The molecule has 0 aliphatic carbocycles. The van der Waals surface area contributed by atoms with Gasteiger partial charge in [0.2, 0.25) is 11.8 Å². The van der Waals surface area contributed by atoms with Crippen LogP contribution in [-0.2, 0) is 4.74 Å². The number of ether oxygens (including phenoxy) is 1. The van der Waals surface area contributed by atoms with E-state index in [1.807, 2.05) is 18.2 Å². The van der Waals surface area contributed by atoms with Crippen LogP contribution in [0.15, 0.2) is 65.4 Å². The molecule has 0 spiro atoms. The number of piperazine rings is 1. The highest BCUT2D eigenvalue weighted by Crippen LogP contribution is 2.46. The number of fused-ring (bicyclic) bond motifs is 3. The predicted octanol–water partition coefficient (Wildman–Crippen LogP) is 1.51. The number of nitrogens with zero attached hydrogens (tertiary/aromatic N) is 4. The van der Waals surface area contributed by atoms with Gasteiger partial charge >= 0.3 is 0 Å². The summed E-state index contributed by atoms with van der Waals surface area (Å²) in [7, 11) is 0. The van der Waals surface area contributed by atoms with E-state index in [2.05, 4.69) is 43.6 Å². The standard InChI is InChI=1S/C21H24N6O2/c28-13-14-29-20-18-19(16-3-1-2-4-17(16)24-18)27(15-5-7-22-8-6-15)21(25-20)26-11-9-23-10-12-26/h1-8,19,23-24,28H,9-14H2. The molecule has 1 atom stereocenters. The van der Waals surface area contributed by atoms with Gasteiger partial charge in [-0.3, -0.25) is 9.88 Å². The molecule has 3 N–H and O–H groups in total. The summed E-state index contributed by atoms with van der Waals surface area (Å²) in [5.41, 5.74) is 4.15. The average molecular weight is 392 g/mol. The highest BCUT2D eigenvalue weighted by Gasteiger charge is 2.42. The first-order valence-electron chi connectivity index (χ1n) is 9.94. The lowest BCUT2D eigenvalue weighted by molar-refractivity contribution is 0.140. The van der Waals surface area contributed by atoms with Crippen molar-refractivity contribution in [3.63, 3.8) is 0 Å². The minimum absolute atomic E-state index is 0.0546. The molecule has 0 radical (unpaired) electrons. The molecule has 3 aliphatic rings. The normalized spacial score (nSPS) is 20.7. The second kappa shape index (κ2) is 7.73. The van der Waals surface area contributed by atoms with E-state index in [0.29, 0.717) is 5.88 Å². The predicted molar refractivity (Wildman–Crippen MR) is 111 cm³/mol. The number of aliphatic hydroxyl groups excluding tert-OH is 1. The number of rotatable bonds is 4. The summed E-state index contributed by atoms with van der Waals surface area (Å²) in [6.45, 7) is 3.70. The second-order valence-corrected chi connectivity index (χ2v) is 7.13. The Balaban J connectivity index is 1.66. The van der Waals surface area contributed by atoms with Gasteiger partial charge in [-0.15, -0.1) is 0 Å². The molecule has 5 rings (SSSR count). The van der Waals surface area contributed by atoms with E-state index >= 15 is 0 Å². The zero-order valence-electron chi connectivity index (χ0n) is 16.1. The van der Waals surface area contributed by atoms with Crippen molar-refractivity contribution in [1.82, 2.24) is 15.2 Å². The Kier molecular flexibility index (Phi) is 4.79. The molecular weight excluding hydrogens is 368 g/mol. The van der Waals surface area contributed by atoms with Gasteiger partial charge in [0.25, 0.3) is 0 Å². The van der Waals surface area contributed by atoms with E-state index in [0.717, 1.165) is 49.2 Å². The van der Waals surface area contributed by atoms with Crippen molar-refractivity contribution in [2.75, 3.05) is 49.6 Å². The smallest absolute Gasteiger partial charge is 0.239 e. The number of benzene rings is 1. The number of guanidine groups is 1. The number of anilines is 2. The summed E-state index contributed by atoms with van der Waals surface area (Å²) in [5, 5.41) is 16.2. The first-order valence-corrected chi connectivity index (χ1v) is 9.94. The van der Waals surface area contributed by atoms with Crippen molar-refractivity contribution in [3.8, 4) is 0 Å². The first-order chi connectivity index (χ1) is 14.4. The van der Waals surface area contributed by atoms with Crippen LogP contribution in [-0.4, -0.2) is 60.3 Å². The third-order valence-corrected chi connectivity index (χ3v) is 5.37. The van der Waals surface area contributed by atoms with Crippen molar-refractivity contribution in [2.45, 2.75) is 6.04 Å². The topological polar surface area (TPSA) is 85.2 Å². The Morgan fingerprint density at radius 3 is 2.69 bits per heavy atom. The summed E-state index contributed by atoms with van der Waals surface area (Å²) in [5.74, 6) is 1.40. The SMILES string of the molecule is OCCOC1=C2Nc3ccccc3C2N(c2ccncc2)C(N2CCNCC2)=N1. The second-order valence-electron chi connectivity index (χ2n) is 7.13. The first kappa shape index (κ1) is 18.0. The van der Waals surface area contributed by atoms with E-state index in [1.165, 1.54) is 5.56 Å². The molecule has 1 saturated heterocycles. The number of nitrogens with one attached hydrogen (secondary N) is 2. The van der Waals surface area contributed by atoms with Crippen LogP contribution in [0.1, 0.15) is 11.6 Å². The highest BCUT2D eigenvalue weighted by molar-refractivity contribution is 6.00. The molecule has 1 fully saturated rings. The van der Waals surface area contributed by atoms with Gasteiger partial charge in [0.1, 0.15) is 18.3 Å². The zero-order chi connectivity index (χ0) is 19.6. The molecule has 1 unspecified atom stereocenters. The van der Waals surface area contributed by atoms with Crippen molar-refractivity contribution in [1.29, 1.82) is 0 Å². The van der Waals surface area contributed by atoms with Gasteiger partial charge in [-0.2, -0.15) is 4.99 Å². The molecular formula is C21H24N6O2. The van der Waals surface area contributed by atoms with Crippen molar-refractivity contribution >= 4 is 17.3 Å². The van der Waals surface area contributed by atoms with Gasteiger partial charge in [-0.1, -0.05) is 18.2 Å². The molecule has 0 amide bonds. The van der Waals surface area contributed by atoms with Crippen LogP contribution < -0.4 is 15.5 Å². The maximum absolute atomic E-state index is 9.30. The van der Waals surface area contributed by atoms with E-state index in [-0.39, 0.29) is 19.3 Å². The van der Waals surface area contributed by atoms with Gasteiger partial charge in [0, 0.05) is 55.5 Å². The van der Waals surface area contributed by atoms with Crippen LogP contribution in [0.3, 0.4) is 0 Å². The lowest BCUT2D eigenvalue weighted by Crippen LogP contribution is -2.54. The summed E-state index contributed by atoms with van der Waals surface area (Å²) in [4.78, 5) is 13.7. The van der Waals surface area contributed by atoms with Crippen LogP contribution in [0, 0.1) is 0 Å². The number of aromatic nitrogens is 1. The molecule has 3 aliphatic heterocycles. The maximum Gasteiger partial charge on any atom is 0.239 e. The van der Waals surface area contributed by atoms with Crippen LogP contribution >= 0.6 is 0 Å². The van der Waals surface area contributed by atoms with Crippen LogP contribution in [0.5, 0.6) is 0 Å². The molecule has 0 saturated carbocycles. The van der Waals surface area contributed by atoms with Gasteiger partial charge in [0.05, 0.1) is 6.61 Å². The molecule has 2 aromatic rings. The number of aliphatic hydroxyl groups is 1. The molecule has 8 heteroatoms. The van der Waals surface area contributed by atoms with E-state index in [4.69, 9.17) is 9.73 Å². The van der Waals surface area contributed by atoms with Crippen LogP contribution in [0.2, 0.25) is 0 Å². The van der Waals surface area contributed by atoms with Crippen molar-refractivity contribution in [3.05, 3.63) is 65.9 Å². The van der Waals surface area contributed by atoms with Gasteiger partial charge in [-0.25, -0.2) is 0 Å². The summed E-state index contributed by atoms with van der Waals surface area (Å²) >= 11 is 0. The van der Waals surface area contributed by atoms with Gasteiger partial charge < -0.3 is 25.4 Å².